The third kappa shape index (κ3) is 3.15. The van der Waals surface area contributed by atoms with Crippen LogP contribution < -0.4 is 4.90 Å². The molecule has 18 heavy (non-hydrogen) atoms. The predicted octanol–water partition coefficient (Wildman–Crippen LogP) is 3.82. The lowest BCUT2D eigenvalue weighted by atomic mass is 9.96. The Morgan fingerprint density at radius 1 is 1.44 bits per heavy atom. The fourth-order valence-electron chi connectivity index (χ4n) is 2.34. The smallest absolute Gasteiger partial charge is 0.205 e. The molecule has 0 N–H and O–H groups in total. The first-order valence-corrected chi connectivity index (χ1v) is 8.00. The zero-order valence-electron chi connectivity index (χ0n) is 11.4. The van der Waals surface area contributed by atoms with Crippen molar-refractivity contribution in [3.8, 4) is 0 Å². The molecule has 2 heterocycles. The van der Waals surface area contributed by atoms with E-state index in [-0.39, 0.29) is 5.41 Å². The Hall–Kier alpha value is -0.350. The summed E-state index contributed by atoms with van der Waals surface area (Å²) in [5, 5.41) is 1.09. The number of hydrogen-bond donors (Lipinski definition) is 0. The molecule has 0 bridgehead atoms. The van der Waals surface area contributed by atoms with Gasteiger partial charge in [-0.15, -0.1) is 11.6 Å². The highest BCUT2D eigenvalue weighted by Gasteiger charge is 2.28. The summed E-state index contributed by atoms with van der Waals surface area (Å²) < 4.78 is 4.51. The summed E-state index contributed by atoms with van der Waals surface area (Å²) in [5.74, 6) is 1.72. The van der Waals surface area contributed by atoms with E-state index < -0.39 is 0 Å². The van der Waals surface area contributed by atoms with Crippen molar-refractivity contribution in [2.24, 2.45) is 0 Å². The third-order valence-corrected chi connectivity index (χ3v) is 4.40. The van der Waals surface area contributed by atoms with Crippen LogP contribution in [-0.4, -0.2) is 27.8 Å². The van der Waals surface area contributed by atoms with Crippen LogP contribution in [0.5, 0.6) is 0 Å². The van der Waals surface area contributed by atoms with E-state index in [9.17, 15) is 0 Å². The Bertz CT molecular complexity index is 386. The monoisotopic (exact) mass is 287 g/mol. The molecule has 2 rings (SSSR count). The second-order valence-electron chi connectivity index (χ2n) is 5.97. The van der Waals surface area contributed by atoms with Gasteiger partial charge in [-0.25, -0.2) is 4.98 Å². The van der Waals surface area contributed by atoms with Gasteiger partial charge in [0.15, 0.2) is 0 Å². The highest BCUT2D eigenvalue weighted by molar-refractivity contribution is 7.09. The first kappa shape index (κ1) is 14.1. The molecule has 1 unspecified atom stereocenters. The molecule has 0 aliphatic carbocycles. The van der Waals surface area contributed by atoms with E-state index in [4.69, 9.17) is 16.6 Å². The maximum absolute atomic E-state index is 5.79. The van der Waals surface area contributed by atoms with Gasteiger partial charge in [-0.05, 0) is 25.7 Å². The fraction of sp³-hybridized carbons (Fsp3) is 0.846. The lowest BCUT2D eigenvalue weighted by molar-refractivity contribution is 0.551. The highest BCUT2D eigenvalue weighted by Crippen LogP contribution is 2.31. The summed E-state index contributed by atoms with van der Waals surface area (Å²) in [6.07, 6.45) is 4.79. The van der Waals surface area contributed by atoms with Gasteiger partial charge in [-0.1, -0.05) is 20.8 Å². The normalized spacial score (nSPS) is 20.7. The van der Waals surface area contributed by atoms with Crippen LogP contribution in [0.15, 0.2) is 0 Å². The van der Waals surface area contributed by atoms with Crippen LogP contribution in [0.3, 0.4) is 0 Å². The van der Waals surface area contributed by atoms with Crippen molar-refractivity contribution in [1.82, 2.24) is 9.36 Å². The molecule has 5 heteroatoms. The van der Waals surface area contributed by atoms with Crippen LogP contribution >= 0.6 is 23.1 Å². The number of rotatable bonds is 4. The van der Waals surface area contributed by atoms with Crippen LogP contribution in [0.1, 0.15) is 52.3 Å². The van der Waals surface area contributed by atoms with Crippen molar-refractivity contribution >= 4 is 28.3 Å². The summed E-state index contributed by atoms with van der Waals surface area (Å²) in [6, 6.07) is 0.615. The molecule has 1 aliphatic heterocycles. The average molecular weight is 288 g/mol. The van der Waals surface area contributed by atoms with E-state index in [0.29, 0.717) is 6.04 Å². The molecule has 0 saturated carbocycles. The number of nitrogens with zero attached hydrogens (tertiary/aromatic N) is 3. The topological polar surface area (TPSA) is 29.0 Å². The minimum absolute atomic E-state index is 0.0418. The molecule has 0 spiro atoms. The van der Waals surface area contributed by atoms with Gasteiger partial charge in [0.05, 0.1) is 0 Å². The first-order chi connectivity index (χ1) is 8.52. The van der Waals surface area contributed by atoms with Gasteiger partial charge in [0.25, 0.3) is 0 Å². The number of hydrogen-bond acceptors (Lipinski definition) is 4. The van der Waals surface area contributed by atoms with E-state index in [0.717, 1.165) is 29.8 Å². The van der Waals surface area contributed by atoms with Gasteiger partial charge >= 0.3 is 0 Å². The molecule has 0 aromatic carbocycles. The van der Waals surface area contributed by atoms with Gasteiger partial charge in [-0.3, -0.25) is 0 Å². The van der Waals surface area contributed by atoms with E-state index in [1.807, 2.05) is 0 Å². The lowest BCUT2D eigenvalue weighted by Crippen LogP contribution is -2.29. The summed E-state index contributed by atoms with van der Waals surface area (Å²) in [6.45, 7) is 7.60. The molecular formula is C13H22ClN3S. The number of halogens is 1. The quantitative estimate of drug-likeness (QED) is 0.788. The highest BCUT2D eigenvalue weighted by atomic mass is 35.5. The predicted molar refractivity (Wildman–Crippen MR) is 78.9 cm³/mol. The molecule has 0 radical (unpaired) electrons. The maximum Gasteiger partial charge on any atom is 0.205 e. The van der Waals surface area contributed by atoms with Gasteiger partial charge in [0.2, 0.25) is 5.13 Å². The summed E-state index contributed by atoms with van der Waals surface area (Å²) >= 11 is 7.34. The molecule has 1 aromatic rings. The van der Waals surface area contributed by atoms with Crippen LogP contribution in [0.4, 0.5) is 5.13 Å². The van der Waals surface area contributed by atoms with E-state index >= 15 is 0 Å². The van der Waals surface area contributed by atoms with Crippen molar-refractivity contribution in [2.45, 2.75) is 57.9 Å². The Balaban J connectivity index is 2.08. The second kappa shape index (κ2) is 5.74. The average Bonchev–Trinajstić information content (AvgIpc) is 2.93. The fourth-order valence-corrected chi connectivity index (χ4v) is 3.45. The molecule has 1 aromatic heterocycles. The van der Waals surface area contributed by atoms with Gasteiger partial charge < -0.3 is 4.90 Å². The molecule has 1 aliphatic rings. The third-order valence-electron chi connectivity index (χ3n) is 3.38. The van der Waals surface area contributed by atoms with Gasteiger partial charge in [0.1, 0.15) is 5.82 Å². The lowest BCUT2D eigenvalue weighted by Gasteiger charge is -2.23. The molecular weight excluding hydrogens is 266 g/mol. The zero-order valence-corrected chi connectivity index (χ0v) is 13.0. The second-order valence-corrected chi connectivity index (χ2v) is 7.08. The maximum atomic E-state index is 5.79. The van der Waals surface area contributed by atoms with Crippen LogP contribution in [-0.2, 0) is 5.41 Å². The molecule has 1 saturated heterocycles. The number of alkyl halides is 1. The Kier molecular flexibility index (Phi) is 4.49. The molecule has 0 amide bonds. The summed E-state index contributed by atoms with van der Waals surface area (Å²) in [7, 11) is 0. The van der Waals surface area contributed by atoms with Gasteiger partial charge in [-0.2, -0.15) is 4.37 Å². The van der Waals surface area contributed by atoms with Crippen molar-refractivity contribution in [1.29, 1.82) is 0 Å². The minimum atomic E-state index is 0.0418. The SMILES string of the molecule is CC(C)(C)c1nsc(N2CCCC2CCCCl)n1. The van der Waals surface area contributed by atoms with Gasteiger partial charge in [0, 0.05) is 35.4 Å². The van der Waals surface area contributed by atoms with Crippen molar-refractivity contribution in [3.63, 3.8) is 0 Å². The van der Waals surface area contributed by atoms with E-state index in [1.165, 1.54) is 19.3 Å². The summed E-state index contributed by atoms with van der Waals surface area (Å²) in [5.41, 5.74) is 0.0418. The molecule has 1 atom stereocenters. The van der Waals surface area contributed by atoms with Crippen LogP contribution in [0.25, 0.3) is 0 Å². The Morgan fingerprint density at radius 2 is 2.22 bits per heavy atom. The van der Waals surface area contributed by atoms with Crippen molar-refractivity contribution < 1.29 is 0 Å². The van der Waals surface area contributed by atoms with Crippen molar-refractivity contribution in [2.75, 3.05) is 17.3 Å². The number of anilines is 1. The first-order valence-electron chi connectivity index (χ1n) is 6.69. The number of aromatic nitrogens is 2. The Morgan fingerprint density at radius 3 is 2.83 bits per heavy atom. The largest absolute Gasteiger partial charge is 0.344 e. The Labute approximate surface area is 119 Å². The minimum Gasteiger partial charge on any atom is -0.344 e. The standard InChI is InChI=1S/C13H22ClN3S/c1-13(2,3)11-15-12(18-16-11)17-9-5-7-10(17)6-4-8-14/h10H,4-9H2,1-3H3. The molecule has 102 valence electrons. The molecule has 1 fully saturated rings. The van der Waals surface area contributed by atoms with E-state index in [2.05, 4.69) is 30.0 Å². The summed E-state index contributed by atoms with van der Waals surface area (Å²) in [4.78, 5) is 7.15. The van der Waals surface area contributed by atoms with E-state index in [1.54, 1.807) is 11.5 Å². The molecule has 3 nitrogen and oxygen atoms in total. The van der Waals surface area contributed by atoms with Crippen LogP contribution in [0.2, 0.25) is 0 Å². The van der Waals surface area contributed by atoms with Crippen molar-refractivity contribution in [3.05, 3.63) is 5.82 Å². The zero-order chi connectivity index (χ0) is 13.2. The van der Waals surface area contributed by atoms with Crippen LogP contribution in [0, 0.1) is 0 Å².